The summed E-state index contributed by atoms with van der Waals surface area (Å²) in [6.07, 6.45) is -3.48. The van der Waals surface area contributed by atoms with Gasteiger partial charge in [-0.1, -0.05) is 30.3 Å². The van der Waals surface area contributed by atoms with E-state index in [4.69, 9.17) is 24.5 Å². The highest BCUT2D eigenvalue weighted by Crippen LogP contribution is 2.29. The Hall–Kier alpha value is -3.07. The van der Waals surface area contributed by atoms with E-state index >= 15 is 0 Å². The van der Waals surface area contributed by atoms with Gasteiger partial charge in [-0.25, -0.2) is 9.59 Å². The third-order valence-electron chi connectivity index (χ3n) is 3.52. The first kappa shape index (κ1) is 23.0. The molecule has 0 atom stereocenters. The molecule has 6 nitrogen and oxygen atoms in total. The molecule has 152 valence electrons. The van der Waals surface area contributed by atoms with Gasteiger partial charge in [-0.3, -0.25) is 0 Å². The van der Waals surface area contributed by atoms with E-state index in [9.17, 15) is 13.2 Å². The summed E-state index contributed by atoms with van der Waals surface area (Å²) in [5.74, 6) is -2.84. The zero-order chi connectivity index (χ0) is 21.2. The Balaban J connectivity index is 0.000000568. The predicted molar refractivity (Wildman–Crippen MR) is 95.1 cm³/mol. The summed E-state index contributed by atoms with van der Waals surface area (Å²) in [5.41, 5.74) is 1.17. The first-order valence-corrected chi connectivity index (χ1v) is 8.09. The van der Waals surface area contributed by atoms with E-state index < -0.39 is 23.7 Å². The molecule has 0 saturated carbocycles. The van der Waals surface area contributed by atoms with Gasteiger partial charge in [-0.05, 0) is 42.3 Å². The Labute approximate surface area is 159 Å². The zero-order valence-corrected chi connectivity index (χ0v) is 15.0. The highest BCUT2D eigenvalue weighted by molar-refractivity contribution is 6.27. The maximum Gasteiger partial charge on any atom is 0.416 e. The lowest BCUT2D eigenvalue weighted by molar-refractivity contribution is -0.159. The number of carboxylic acids is 2. The summed E-state index contributed by atoms with van der Waals surface area (Å²) in [7, 11) is 1.62. The van der Waals surface area contributed by atoms with Crippen molar-refractivity contribution in [2.75, 3.05) is 13.7 Å². The van der Waals surface area contributed by atoms with Crippen LogP contribution in [0, 0.1) is 0 Å². The van der Waals surface area contributed by atoms with Gasteiger partial charge < -0.3 is 20.3 Å². The first-order valence-electron chi connectivity index (χ1n) is 8.09. The van der Waals surface area contributed by atoms with Crippen molar-refractivity contribution in [3.8, 4) is 5.75 Å². The van der Waals surface area contributed by atoms with Crippen molar-refractivity contribution in [1.82, 2.24) is 5.32 Å². The average Bonchev–Trinajstić information content (AvgIpc) is 2.66. The van der Waals surface area contributed by atoms with Crippen molar-refractivity contribution in [1.29, 1.82) is 0 Å². The van der Waals surface area contributed by atoms with Crippen LogP contribution in [0.1, 0.15) is 16.7 Å². The number of hydrogen-bond acceptors (Lipinski definition) is 4. The van der Waals surface area contributed by atoms with Crippen LogP contribution in [0.5, 0.6) is 5.75 Å². The van der Waals surface area contributed by atoms with Gasteiger partial charge in [0.05, 0.1) is 12.7 Å². The molecule has 2 aromatic carbocycles. The molecule has 0 aliphatic rings. The second-order valence-electron chi connectivity index (χ2n) is 5.58. The van der Waals surface area contributed by atoms with Gasteiger partial charge in [-0.2, -0.15) is 13.2 Å². The van der Waals surface area contributed by atoms with Gasteiger partial charge in [-0.15, -0.1) is 0 Å². The Bertz CT molecular complexity index is 764. The molecule has 0 radical (unpaired) electrons. The third-order valence-corrected chi connectivity index (χ3v) is 3.52. The van der Waals surface area contributed by atoms with E-state index in [2.05, 4.69) is 5.32 Å². The molecular weight excluding hydrogens is 379 g/mol. The monoisotopic (exact) mass is 399 g/mol. The van der Waals surface area contributed by atoms with Crippen molar-refractivity contribution in [3.05, 3.63) is 65.2 Å². The van der Waals surface area contributed by atoms with E-state index in [1.54, 1.807) is 13.2 Å². The number of nitrogens with one attached hydrogen (secondary N) is 1. The fourth-order valence-corrected chi connectivity index (χ4v) is 2.12. The van der Waals surface area contributed by atoms with Crippen molar-refractivity contribution in [2.24, 2.45) is 0 Å². The summed E-state index contributed by atoms with van der Waals surface area (Å²) >= 11 is 0. The number of carbonyl (C=O) groups is 2. The minimum atomic E-state index is -4.29. The summed E-state index contributed by atoms with van der Waals surface area (Å²) in [4.78, 5) is 18.2. The standard InChI is InChI=1S/C17H18F3NO.C2H2O4/c1-22-16-7-5-13(6-8-16)9-10-21-12-14-3-2-4-15(11-14)17(18,19)20;3-1(4)2(5)6/h2-8,11,21H,9-10,12H2,1H3;(H,3,4)(H,5,6). The Morgan fingerprint density at radius 1 is 1.00 bits per heavy atom. The van der Waals surface area contributed by atoms with E-state index in [0.717, 1.165) is 23.8 Å². The zero-order valence-electron chi connectivity index (χ0n) is 15.0. The summed E-state index contributed by atoms with van der Waals surface area (Å²) < 4.78 is 42.9. The summed E-state index contributed by atoms with van der Waals surface area (Å²) in [6, 6.07) is 13.1. The Morgan fingerprint density at radius 3 is 2.11 bits per heavy atom. The SMILES string of the molecule is COc1ccc(CCNCc2cccc(C(F)(F)F)c2)cc1.O=C(O)C(=O)O. The number of hydrogen-bond donors (Lipinski definition) is 3. The fourth-order valence-electron chi connectivity index (χ4n) is 2.12. The van der Waals surface area contributed by atoms with Crippen molar-refractivity contribution >= 4 is 11.9 Å². The number of methoxy groups -OCH3 is 1. The molecule has 0 bridgehead atoms. The molecule has 0 aromatic heterocycles. The lowest BCUT2D eigenvalue weighted by Gasteiger charge is -2.10. The predicted octanol–water partition coefficient (Wildman–Crippen LogP) is 3.20. The van der Waals surface area contributed by atoms with Gasteiger partial charge in [0, 0.05) is 6.54 Å². The highest BCUT2D eigenvalue weighted by Gasteiger charge is 2.30. The van der Waals surface area contributed by atoms with E-state index in [1.165, 1.54) is 12.1 Å². The van der Waals surface area contributed by atoms with Crippen LogP contribution < -0.4 is 10.1 Å². The number of aliphatic carboxylic acids is 2. The van der Waals surface area contributed by atoms with Crippen LogP contribution in [0.2, 0.25) is 0 Å². The second kappa shape index (κ2) is 10.9. The van der Waals surface area contributed by atoms with Crippen molar-refractivity contribution in [2.45, 2.75) is 19.1 Å². The van der Waals surface area contributed by atoms with Crippen LogP contribution in [-0.2, 0) is 28.7 Å². The lowest BCUT2D eigenvalue weighted by Crippen LogP contribution is -2.17. The topological polar surface area (TPSA) is 95.9 Å². The summed E-state index contributed by atoms with van der Waals surface area (Å²) in [5, 5.41) is 17.9. The fraction of sp³-hybridized carbons (Fsp3) is 0.263. The maximum atomic E-state index is 12.6. The Kier molecular flexibility index (Phi) is 8.97. The maximum absolute atomic E-state index is 12.6. The average molecular weight is 399 g/mol. The molecule has 0 spiro atoms. The van der Waals surface area contributed by atoms with Crippen LogP contribution in [0.3, 0.4) is 0 Å². The largest absolute Gasteiger partial charge is 0.497 e. The molecule has 0 aliphatic heterocycles. The summed E-state index contributed by atoms with van der Waals surface area (Å²) in [6.45, 7) is 1.11. The number of benzene rings is 2. The molecule has 0 heterocycles. The molecule has 2 rings (SSSR count). The molecule has 0 fully saturated rings. The molecule has 28 heavy (non-hydrogen) atoms. The van der Waals surface area contributed by atoms with E-state index in [1.807, 2.05) is 24.3 Å². The minimum Gasteiger partial charge on any atom is -0.497 e. The normalized spacial score (nSPS) is 10.6. The van der Waals surface area contributed by atoms with Gasteiger partial charge in [0.25, 0.3) is 0 Å². The third kappa shape index (κ3) is 8.54. The number of rotatable bonds is 6. The molecule has 0 aliphatic carbocycles. The lowest BCUT2D eigenvalue weighted by atomic mass is 10.1. The molecule has 0 saturated heterocycles. The number of alkyl halides is 3. The Morgan fingerprint density at radius 2 is 1.61 bits per heavy atom. The smallest absolute Gasteiger partial charge is 0.416 e. The van der Waals surface area contributed by atoms with Crippen LogP contribution in [0.15, 0.2) is 48.5 Å². The van der Waals surface area contributed by atoms with E-state index in [0.29, 0.717) is 18.7 Å². The van der Waals surface area contributed by atoms with Gasteiger partial charge in [0.15, 0.2) is 0 Å². The number of halogens is 3. The second-order valence-corrected chi connectivity index (χ2v) is 5.58. The van der Waals surface area contributed by atoms with Crippen LogP contribution in [-0.4, -0.2) is 35.8 Å². The van der Waals surface area contributed by atoms with Crippen LogP contribution in [0.4, 0.5) is 13.2 Å². The molecular formula is C19H20F3NO5. The van der Waals surface area contributed by atoms with Gasteiger partial charge >= 0.3 is 18.1 Å². The number of carboxylic acid groups (broad SMARTS) is 2. The molecule has 0 unspecified atom stereocenters. The van der Waals surface area contributed by atoms with Crippen molar-refractivity contribution in [3.63, 3.8) is 0 Å². The molecule has 3 N–H and O–H groups in total. The van der Waals surface area contributed by atoms with Gasteiger partial charge in [0.1, 0.15) is 5.75 Å². The first-order chi connectivity index (χ1) is 13.1. The molecule has 2 aromatic rings. The number of ether oxygens (including phenoxy) is 1. The highest BCUT2D eigenvalue weighted by atomic mass is 19.4. The van der Waals surface area contributed by atoms with Crippen LogP contribution >= 0.6 is 0 Å². The molecule has 9 heteroatoms. The van der Waals surface area contributed by atoms with Crippen LogP contribution in [0.25, 0.3) is 0 Å². The van der Waals surface area contributed by atoms with Crippen molar-refractivity contribution < 1.29 is 37.7 Å². The minimum absolute atomic E-state index is 0.417. The molecule has 0 amide bonds. The quantitative estimate of drug-likeness (QED) is 0.510. The van der Waals surface area contributed by atoms with Gasteiger partial charge in [0.2, 0.25) is 0 Å². The van der Waals surface area contributed by atoms with E-state index in [-0.39, 0.29) is 0 Å².